The molecule has 3 aromatic rings. The molecule has 0 bridgehead atoms. The van der Waals surface area contributed by atoms with Crippen LogP contribution in [0.4, 0.5) is 11.6 Å². The first-order chi connectivity index (χ1) is 15.9. The van der Waals surface area contributed by atoms with Gasteiger partial charge in [0, 0.05) is 23.1 Å². The predicted octanol–water partition coefficient (Wildman–Crippen LogP) is 3.70. The topological polar surface area (TPSA) is 122 Å². The SMILES string of the molecule is COc1ccc(-c2nc(C(C)Oc3nc(N)cc(N)n3)c(C)s2)cc1OCCN1CCCC1. The Labute approximate surface area is 197 Å². The zero-order chi connectivity index (χ0) is 23.4. The van der Waals surface area contributed by atoms with Gasteiger partial charge in [-0.3, -0.25) is 4.90 Å². The zero-order valence-electron chi connectivity index (χ0n) is 19.2. The predicted molar refractivity (Wildman–Crippen MR) is 130 cm³/mol. The molecule has 1 aliphatic rings. The Bertz CT molecular complexity index is 1080. The molecule has 0 amide bonds. The summed E-state index contributed by atoms with van der Waals surface area (Å²) < 4.78 is 17.5. The minimum atomic E-state index is -0.370. The minimum Gasteiger partial charge on any atom is -0.493 e. The van der Waals surface area contributed by atoms with Gasteiger partial charge in [-0.25, -0.2) is 4.98 Å². The summed E-state index contributed by atoms with van der Waals surface area (Å²) in [5.74, 6) is 1.95. The normalized spacial score (nSPS) is 14.9. The Morgan fingerprint density at radius 3 is 2.48 bits per heavy atom. The summed E-state index contributed by atoms with van der Waals surface area (Å²) in [5.41, 5.74) is 13.3. The number of likely N-dealkylation sites (tertiary alicyclic amines) is 1. The minimum absolute atomic E-state index is 0.132. The monoisotopic (exact) mass is 470 g/mol. The maximum absolute atomic E-state index is 6.08. The van der Waals surface area contributed by atoms with Crippen LogP contribution >= 0.6 is 11.3 Å². The molecule has 1 unspecified atom stereocenters. The Balaban J connectivity index is 1.49. The Kier molecular flexibility index (Phi) is 7.14. The number of rotatable bonds is 9. The number of hydrogen-bond acceptors (Lipinski definition) is 10. The van der Waals surface area contributed by atoms with E-state index >= 15 is 0 Å². The van der Waals surface area contributed by atoms with Gasteiger partial charge >= 0.3 is 6.01 Å². The molecule has 9 nitrogen and oxygen atoms in total. The second-order valence-electron chi connectivity index (χ2n) is 7.98. The van der Waals surface area contributed by atoms with Gasteiger partial charge in [0.15, 0.2) is 11.5 Å². The number of aryl methyl sites for hydroxylation is 1. The number of methoxy groups -OCH3 is 1. The zero-order valence-corrected chi connectivity index (χ0v) is 20.0. The second-order valence-corrected chi connectivity index (χ2v) is 9.19. The van der Waals surface area contributed by atoms with Crippen molar-refractivity contribution < 1.29 is 14.2 Å². The van der Waals surface area contributed by atoms with Gasteiger partial charge in [-0.2, -0.15) is 9.97 Å². The van der Waals surface area contributed by atoms with Gasteiger partial charge in [0.2, 0.25) is 0 Å². The summed E-state index contributed by atoms with van der Waals surface area (Å²) in [5, 5.41) is 0.873. The third kappa shape index (κ3) is 5.63. The first-order valence-electron chi connectivity index (χ1n) is 11.0. The van der Waals surface area contributed by atoms with Crippen LogP contribution in [0.1, 0.15) is 36.4 Å². The number of nitrogen functional groups attached to an aromatic ring is 2. The van der Waals surface area contributed by atoms with Gasteiger partial charge < -0.3 is 25.7 Å². The van der Waals surface area contributed by atoms with Crippen LogP contribution in [-0.2, 0) is 0 Å². The van der Waals surface area contributed by atoms with E-state index in [1.54, 1.807) is 18.4 Å². The van der Waals surface area contributed by atoms with E-state index in [0.717, 1.165) is 46.5 Å². The van der Waals surface area contributed by atoms with Gasteiger partial charge in [-0.05, 0) is 58.0 Å². The molecule has 4 rings (SSSR count). The van der Waals surface area contributed by atoms with Crippen LogP contribution in [0.3, 0.4) is 0 Å². The van der Waals surface area contributed by atoms with Crippen molar-refractivity contribution in [1.29, 1.82) is 0 Å². The van der Waals surface area contributed by atoms with E-state index in [1.807, 2.05) is 32.0 Å². The number of aromatic nitrogens is 3. The number of nitrogens with two attached hydrogens (primary N) is 2. The highest BCUT2D eigenvalue weighted by Crippen LogP contribution is 2.37. The number of benzene rings is 1. The molecule has 1 aromatic carbocycles. The molecule has 0 spiro atoms. The summed E-state index contributed by atoms with van der Waals surface area (Å²) in [4.78, 5) is 16.5. The molecule has 0 aliphatic carbocycles. The van der Waals surface area contributed by atoms with Crippen molar-refractivity contribution >= 4 is 23.0 Å². The van der Waals surface area contributed by atoms with E-state index in [9.17, 15) is 0 Å². The molecular weight excluding hydrogens is 440 g/mol. The van der Waals surface area contributed by atoms with Crippen LogP contribution in [0.2, 0.25) is 0 Å². The van der Waals surface area contributed by atoms with Crippen molar-refractivity contribution in [3.63, 3.8) is 0 Å². The molecule has 1 atom stereocenters. The number of thiazole rings is 1. The van der Waals surface area contributed by atoms with Crippen molar-refractivity contribution in [3.05, 3.63) is 34.8 Å². The second kappa shape index (κ2) is 10.2. The van der Waals surface area contributed by atoms with Crippen molar-refractivity contribution in [2.75, 3.05) is 44.8 Å². The standard InChI is InChI=1S/C23H30N6O3S/c1-14(32-23-26-19(24)13-20(25)27-23)21-15(2)33-22(28-21)16-6-7-17(30-3)18(12-16)31-11-10-29-8-4-5-9-29/h6-7,12-14H,4-5,8-11H2,1-3H3,(H4,24,25,26,27). The Hall–Kier alpha value is -3.11. The molecular formula is C23H30N6O3S. The fraction of sp³-hybridized carbons (Fsp3) is 0.435. The van der Waals surface area contributed by atoms with E-state index < -0.39 is 0 Å². The molecule has 1 saturated heterocycles. The largest absolute Gasteiger partial charge is 0.493 e. The number of ether oxygens (including phenoxy) is 3. The molecule has 1 aliphatic heterocycles. The molecule has 0 saturated carbocycles. The van der Waals surface area contributed by atoms with Crippen LogP contribution in [0.5, 0.6) is 17.5 Å². The van der Waals surface area contributed by atoms with Gasteiger partial charge in [0.05, 0.1) is 12.8 Å². The molecule has 176 valence electrons. The van der Waals surface area contributed by atoms with E-state index in [0.29, 0.717) is 12.4 Å². The highest BCUT2D eigenvalue weighted by molar-refractivity contribution is 7.15. The lowest BCUT2D eigenvalue weighted by atomic mass is 10.2. The fourth-order valence-electron chi connectivity index (χ4n) is 3.85. The quantitative estimate of drug-likeness (QED) is 0.482. The Morgan fingerprint density at radius 1 is 1.06 bits per heavy atom. The molecule has 0 radical (unpaired) electrons. The molecule has 2 aromatic heterocycles. The molecule has 1 fully saturated rings. The maximum atomic E-state index is 6.08. The summed E-state index contributed by atoms with van der Waals surface area (Å²) >= 11 is 1.59. The van der Waals surface area contributed by atoms with Crippen LogP contribution < -0.4 is 25.7 Å². The lowest BCUT2D eigenvalue weighted by molar-refractivity contribution is 0.203. The van der Waals surface area contributed by atoms with Gasteiger partial charge in [0.1, 0.15) is 29.4 Å². The van der Waals surface area contributed by atoms with Crippen LogP contribution in [-0.4, -0.2) is 53.2 Å². The third-order valence-electron chi connectivity index (χ3n) is 5.52. The highest BCUT2D eigenvalue weighted by Gasteiger charge is 2.20. The average Bonchev–Trinajstić information content (AvgIpc) is 3.42. The van der Waals surface area contributed by atoms with Crippen molar-refractivity contribution in [2.24, 2.45) is 0 Å². The van der Waals surface area contributed by atoms with Crippen molar-refractivity contribution in [1.82, 2.24) is 19.9 Å². The summed E-state index contributed by atoms with van der Waals surface area (Å²) in [7, 11) is 1.65. The first-order valence-corrected chi connectivity index (χ1v) is 11.8. The molecule has 10 heteroatoms. The molecule has 4 N–H and O–H groups in total. The lowest BCUT2D eigenvalue weighted by Gasteiger charge is -2.16. The van der Waals surface area contributed by atoms with Crippen LogP contribution in [0, 0.1) is 6.92 Å². The van der Waals surface area contributed by atoms with Gasteiger partial charge in [0.25, 0.3) is 0 Å². The van der Waals surface area contributed by atoms with E-state index in [1.165, 1.54) is 18.9 Å². The van der Waals surface area contributed by atoms with E-state index in [4.69, 9.17) is 30.7 Å². The summed E-state index contributed by atoms with van der Waals surface area (Å²) in [6, 6.07) is 7.50. The van der Waals surface area contributed by atoms with Crippen LogP contribution in [0.15, 0.2) is 24.3 Å². The number of hydrogen-bond donors (Lipinski definition) is 2. The van der Waals surface area contributed by atoms with E-state index in [2.05, 4.69) is 14.9 Å². The third-order valence-corrected chi connectivity index (χ3v) is 6.55. The lowest BCUT2D eigenvalue weighted by Crippen LogP contribution is -2.25. The maximum Gasteiger partial charge on any atom is 0.320 e. The summed E-state index contributed by atoms with van der Waals surface area (Å²) in [6.07, 6.45) is 2.17. The van der Waals surface area contributed by atoms with Gasteiger partial charge in [-0.15, -0.1) is 11.3 Å². The highest BCUT2D eigenvalue weighted by atomic mass is 32.1. The summed E-state index contributed by atoms with van der Waals surface area (Å²) in [6.45, 7) is 7.75. The smallest absolute Gasteiger partial charge is 0.320 e. The average molecular weight is 471 g/mol. The van der Waals surface area contributed by atoms with E-state index in [-0.39, 0.29) is 23.8 Å². The molecule has 33 heavy (non-hydrogen) atoms. The van der Waals surface area contributed by atoms with Gasteiger partial charge in [-0.1, -0.05) is 0 Å². The number of nitrogens with zero attached hydrogens (tertiary/aromatic N) is 4. The first kappa shape index (κ1) is 23.1. The van der Waals surface area contributed by atoms with Crippen molar-refractivity contribution in [2.45, 2.75) is 32.8 Å². The van der Waals surface area contributed by atoms with Crippen LogP contribution in [0.25, 0.3) is 10.6 Å². The fourth-order valence-corrected chi connectivity index (χ4v) is 4.85. The molecule has 3 heterocycles. The number of anilines is 2. The Morgan fingerprint density at radius 2 is 1.79 bits per heavy atom. The van der Waals surface area contributed by atoms with Crippen molar-refractivity contribution in [3.8, 4) is 28.1 Å².